The molecule has 0 spiro atoms. The molecule has 0 amide bonds. The van der Waals surface area contributed by atoms with Crippen LogP contribution in [0.3, 0.4) is 0 Å². The highest BCUT2D eigenvalue weighted by Gasteiger charge is 2.06. The Morgan fingerprint density at radius 3 is 3.08 bits per heavy atom. The molecule has 60 valence electrons. The molecule has 0 radical (unpaired) electrons. The highest BCUT2D eigenvalue weighted by Crippen LogP contribution is 2.21. The number of halogens is 1. The van der Waals surface area contributed by atoms with E-state index in [0.717, 1.165) is 6.29 Å². The summed E-state index contributed by atoms with van der Waals surface area (Å²) in [5, 5.41) is 0. The molecule has 2 aromatic rings. The number of fused-ring (bicyclic) bond motifs is 1. The second-order valence-corrected chi connectivity index (χ2v) is 2.96. The van der Waals surface area contributed by atoms with Crippen molar-refractivity contribution in [2.24, 2.45) is 0 Å². The predicted molar refractivity (Wildman–Crippen MR) is 47.1 cm³/mol. The summed E-state index contributed by atoms with van der Waals surface area (Å²) in [5.41, 5.74) is 1.73. The van der Waals surface area contributed by atoms with Crippen LogP contribution in [0.1, 0.15) is 10.4 Å². The highest BCUT2D eigenvalue weighted by atomic mass is 79.9. The van der Waals surface area contributed by atoms with Gasteiger partial charge in [0.25, 0.3) is 4.80 Å². The van der Waals surface area contributed by atoms with Gasteiger partial charge in [-0.2, -0.15) is 0 Å². The molecular weight excluding hydrogens is 222 g/mol. The summed E-state index contributed by atoms with van der Waals surface area (Å²) in [7, 11) is 0. The maximum Gasteiger partial charge on any atom is 0.265 e. The van der Waals surface area contributed by atoms with Gasteiger partial charge >= 0.3 is 0 Å². The third-order valence-corrected chi connectivity index (χ3v) is 1.89. The van der Waals surface area contributed by atoms with Crippen LogP contribution in [0, 0.1) is 0 Å². The van der Waals surface area contributed by atoms with Crippen LogP contribution in [0.15, 0.2) is 27.4 Å². The SMILES string of the molecule is O=Cc1cccc2nc(Br)oc12. The summed E-state index contributed by atoms with van der Waals surface area (Å²) in [4.78, 5) is 14.9. The van der Waals surface area contributed by atoms with E-state index < -0.39 is 0 Å². The van der Waals surface area contributed by atoms with Crippen molar-refractivity contribution in [3.05, 3.63) is 28.6 Å². The minimum Gasteiger partial charge on any atom is -0.430 e. The van der Waals surface area contributed by atoms with Crippen molar-refractivity contribution in [1.29, 1.82) is 0 Å². The Labute approximate surface area is 76.5 Å². The Balaban J connectivity index is 2.86. The summed E-state index contributed by atoms with van der Waals surface area (Å²) >= 11 is 3.09. The number of benzene rings is 1. The molecule has 12 heavy (non-hydrogen) atoms. The molecule has 0 saturated heterocycles. The molecule has 0 saturated carbocycles. The van der Waals surface area contributed by atoms with Crippen LogP contribution >= 0.6 is 15.9 Å². The van der Waals surface area contributed by atoms with Gasteiger partial charge in [0.2, 0.25) is 0 Å². The molecule has 0 fully saturated rings. The van der Waals surface area contributed by atoms with Crippen LogP contribution in [0.2, 0.25) is 0 Å². The predicted octanol–water partition coefficient (Wildman–Crippen LogP) is 2.40. The molecule has 1 aromatic carbocycles. The fraction of sp³-hybridized carbons (Fsp3) is 0. The second-order valence-electron chi connectivity index (χ2n) is 2.28. The standard InChI is InChI=1S/C8H4BrNO2/c9-8-10-6-3-1-2-5(4-11)7(6)12-8/h1-4H. The number of hydrogen-bond acceptors (Lipinski definition) is 3. The number of para-hydroxylation sites is 1. The number of carbonyl (C=O) groups is 1. The van der Waals surface area contributed by atoms with Crippen molar-refractivity contribution in [3.63, 3.8) is 0 Å². The lowest BCUT2D eigenvalue weighted by Crippen LogP contribution is -1.78. The summed E-state index contributed by atoms with van der Waals surface area (Å²) in [5.74, 6) is 0. The van der Waals surface area contributed by atoms with E-state index in [2.05, 4.69) is 20.9 Å². The minimum atomic E-state index is 0.395. The average molecular weight is 226 g/mol. The van der Waals surface area contributed by atoms with E-state index in [-0.39, 0.29) is 0 Å². The van der Waals surface area contributed by atoms with E-state index in [9.17, 15) is 4.79 Å². The molecule has 1 heterocycles. The van der Waals surface area contributed by atoms with Crippen molar-refractivity contribution in [1.82, 2.24) is 4.98 Å². The largest absolute Gasteiger partial charge is 0.430 e. The Hall–Kier alpha value is -1.16. The van der Waals surface area contributed by atoms with Gasteiger partial charge in [0.1, 0.15) is 5.52 Å². The van der Waals surface area contributed by atoms with Crippen molar-refractivity contribution in [2.75, 3.05) is 0 Å². The Bertz CT molecular complexity index is 436. The van der Waals surface area contributed by atoms with Crippen LogP contribution in [0.5, 0.6) is 0 Å². The Kier molecular flexibility index (Phi) is 1.69. The third-order valence-electron chi connectivity index (χ3n) is 1.55. The maximum absolute atomic E-state index is 10.5. The van der Waals surface area contributed by atoms with Gasteiger partial charge in [-0.25, -0.2) is 4.98 Å². The first-order valence-corrected chi connectivity index (χ1v) is 4.11. The molecule has 0 aliphatic rings. The van der Waals surface area contributed by atoms with Crippen molar-refractivity contribution >= 4 is 33.3 Å². The van der Waals surface area contributed by atoms with E-state index in [4.69, 9.17) is 4.42 Å². The molecule has 3 nitrogen and oxygen atoms in total. The lowest BCUT2D eigenvalue weighted by Gasteiger charge is -1.88. The number of oxazole rings is 1. The molecule has 1 aromatic heterocycles. The first kappa shape index (κ1) is 7.49. The molecule has 0 aliphatic heterocycles. The van der Waals surface area contributed by atoms with Gasteiger partial charge in [-0.3, -0.25) is 4.79 Å². The van der Waals surface area contributed by atoms with Crippen molar-refractivity contribution < 1.29 is 9.21 Å². The quantitative estimate of drug-likeness (QED) is 0.701. The summed E-state index contributed by atoms with van der Waals surface area (Å²) < 4.78 is 5.16. The first-order chi connectivity index (χ1) is 5.81. The van der Waals surface area contributed by atoms with Gasteiger partial charge in [-0.15, -0.1) is 0 Å². The minimum absolute atomic E-state index is 0.395. The zero-order valence-corrected chi connectivity index (χ0v) is 7.54. The lowest BCUT2D eigenvalue weighted by molar-refractivity contribution is 0.112. The van der Waals surface area contributed by atoms with E-state index in [1.54, 1.807) is 18.2 Å². The van der Waals surface area contributed by atoms with Crippen LogP contribution < -0.4 is 0 Å². The lowest BCUT2D eigenvalue weighted by atomic mass is 10.2. The molecule has 4 heteroatoms. The van der Waals surface area contributed by atoms with Crippen molar-refractivity contribution in [3.8, 4) is 0 Å². The molecule has 0 bridgehead atoms. The summed E-state index contributed by atoms with van der Waals surface area (Å²) in [6.07, 6.45) is 0.750. The zero-order chi connectivity index (χ0) is 8.55. The van der Waals surface area contributed by atoms with Gasteiger partial charge in [0.15, 0.2) is 11.9 Å². The number of aromatic nitrogens is 1. The fourth-order valence-corrected chi connectivity index (χ4v) is 1.39. The Morgan fingerprint density at radius 1 is 1.50 bits per heavy atom. The normalized spacial score (nSPS) is 10.4. The number of carbonyl (C=O) groups excluding carboxylic acids is 1. The fourth-order valence-electron chi connectivity index (χ4n) is 1.04. The first-order valence-electron chi connectivity index (χ1n) is 3.31. The highest BCUT2D eigenvalue weighted by molar-refractivity contribution is 9.10. The monoisotopic (exact) mass is 225 g/mol. The smallest absolute Gasteiger partial charge is 0.265 e. The van der Waals surface area contributed by atoms with Gasteiger partial charge in [-0.1, -0.05) is 6.07 Å². The van der Waals surface area contributed by atoms with E-state index >= 15 is 0 Å². The molecular formula is C8H4BrNO2. The van der Waals surface area contributed by atoms with Gasteiger partial charge in [0.05, 0.1) is 5.56 Å². The molecule has 0 atom stereocenters. The molecule has 0 N–H and O–H groups in total. The summed E-state index contributed by atoms with van der Waals surface area (Å²) in [6.45, 7) is 0. The van der Waals surface area contributed by atoms with E-state index in [1.807, 2.05) is 0 Å². The Morgan fingerprint density at radius 2 is 2.33 bits per heavy atom. The number of rotatable bonds is 1. The topological polar surface area (TPSA) is 43.1 Å². The second kappa shape index (κ2) is 2.71. The van der Waals surface area contributed by atoms with Crippen LogP contribution in [0.25, 0.3) is 11.1 Å². The zero-order valence-electron chi connectivity index (χ0n) is 5.95. The third kappa shape index (κ3) is 1.04. The van der Waals surface area contributed by atoms with E-state index in [0.29, 0.717) is 21.5 Å². The van der Waals surface area contributed by atoms with Gasteiger partial charge in [-0.05, 0) is 12.1 Å². The molecule has 0 unspecified atom stereocenters. The average Bonchev–Trinajstić information content (AvgIpc) is 2.44. The van der Waals surface area contributed by atoms with E-state index in [1.165, 1.54) is 0 Å². The van der Waals surface area contributed by atoms with Crippen molar-refractivity contribution in [2.45, 2.75) is 0 Å². The van der Waals surface area contributed by atoms with Crippen LogP contribution in [0.4, 0.5) is 0 Å². The number of aldehydes is 1. The van der Waals surface area contributed by atoms with Crippen LogP contribution in [-0.2, 0) is 0 Å². The van der Waals surface area contributed by atoms with Crippen LogP contribution in [-0.4, -0.2) is 11.3 Å². The summed E-state index contributed by atoms with van der Waals surface area (Å²) in [6, 6.07) is 5.24. The number of nitrogens with zero attached hydrogens (tertiary/aromatic N) is 1. The molecule has 2 rings (SSSR count). The van der Waals surface area contributed by atoms with Gasteiger partial charge in [0, 0.05) is 15.9 Å². The maximum atomic E-state index is 10.5. The van der Waals surface area contributed by atoms with Gasteiger partial charge < -0.3 is 4.42 Å². The molecule has 0 aliphatic carbocycles. The number of hydrogen-bond donors (Lipinski definition) is 0.